The van der Waals surface area contributed by atoms with Crippen LogP contribution >= 0.6 is 0 Å². The molecule has 0 aliphatic carbocycles. The Balaban J connectivity index is 2.48. The van der Waals surface area contributed by atoms with Gasteiger partial charge in [-0.25, -0.2) is 9.18 Å². The third kappa shape index (κ3) is 3.41. The van der Waals surface area contributed by atoms with Crippen LogP contribution in [0.2, 0.25) is 0 Å². The molecule has 0 spiro atoms. The normalized spacial score (nSPS) is 28.1. The molecule has 0 unspecified atom stereocenters. The summed E-state index contributed by atoms with van der Waals surface area (Å²) in [4.78, 5) is 17.9. The fourth-order valence-corrected chi connectivity index (χ4v) is 2.25. The lowest BCUT2D eigenvalue weighted by molar-refractivity contribution is -0.124. The van der Waals surface area contributed by atoms with Crippen molar-refractivity contribution in [3.8, 4) is 11.8 Å². The minimum absolute atomic E-state index is 0.0728. The molecule has 4 atom stereocenters. The fourth-order valence-electron chi connectivity index (χ4n) is 2.25. The Kier molecular flexibility index (Phi) is 5.58. The van der Waals surface area contributed by atoms with Crippen molar-refractivity contribution in [2.45, 2.75) is 30.6 Å². The topological polar surface area (TPSA) is 180 Å². The van der Waals surface area contributed by atoms with Crippen LogP contribution in [0.15, 0.2) is 16.1 Å². The number of ether oxygens (including phenoxy) is 1. The minimum Gasteiger partial charge on any atom is -0.395 e. The molecule has 0 saturated carbocycles. The first-order chi connectivity index (χ1) is 11.9. The van der Waals surface area contributed by atoms with Crippen LogP contribution in [-0.2, 0) is 4.74 Å². The summed E-state index contributed by atoms with van der Waals surface area (Å²) in [5.41, 5.74) is 10.9. The van der Waals surface area contributed by atoms with Crippen molar-refractivity contribution in [3.05, 3.63) is 32.7 Å². The van der Waals surface area contributed by atoms with Crippen LogP contribution < -0.4 is 11.4 Å². The number of halogens is 1. The predicted molar refractivity (Wildman–Crippen MR) is 81.5 cm³/mol. The van der Waals surface area contributed by atoms with Gasteiger partial charge in [-0.05, 0) is 5.53 Å². The van der Waals surface area contributed by atoms with Crippen LogP contribution in [0.4, 0.5) is 10.2 Å². The first kappa shape index (κ1) is 18.7. The van der Waals surface area contributed by atoms with Crippen LogP contribution in [0.1, 0.15) is 18.2 Å². The average molecular weight is 354 g/mol. The van der Waals surface area contributed by atoms with Crippen molar-refractivity contribution in [2.24, 2.45) is 5.11 Å². The zero-order valence-electron chi connectivity index (χ0n) is 12.8. The van der Waals surface area contributed by atoms with Crippen molar-refractivity contribution in [1.82, 2.24) is 9.55 Å². The van der Waals surface area contributed by atoms with E-state index in [9.17, 15) is 19.4 Å². The Morgan fingerprint density at radius 1 is 1.60 bits per heavy atom. The Morgan fingerprint density at radius 2 is 2.32 bits per heavy atom. The molecule has 1 saturated heterocycles. The van der Waals surface area contributed by atoms with E-state index in [4.69, 9.17) is 21.1 Å². The summed E-state index contributed by atoms with van der Waals surface area (Å²) in [5, 5.41) is 31.1. The molecule has 134 valence electrons. The van der Waals surface area contributed by atoms with Gasteiger partial charge in [-0.2, -0.15) is 4.98 Å². The number of nitrogens with two attached hydrogens (primary N) is 1. The summed E-state index contributed by atoms with van der Waals surface area (Å²) < 4.78 is 20.3. The van der Waals surface area contributed by atoms with E-state index in [2.05, 4.69) is 26.9 Å². The van der Waals surface area contributed by atoms with Gasteiger partial charge in [-0.15, -0.1) is 0 Å². The third-order valence-electron chi connectivity index (χ3n) is 3.52. The molecule has 5 N–H and O–H groups in total. The van der Waals surface area contributed by atoms with Crippen LogP contribution in [0.5, 0.6) is 0 Å². The van der Waals surface area contributed by atoms with Gasteiger partial charge in [-0.3, -0.25) is 4.57 Å². The zero-order chi connectivity index (χ0) is 18.6. The van der Waals surface area contributed by atoms with E-state index in [-0.39, 0.29) is 24.4 Å². The summed E-state index contributed by atoms with van der Waals surface area (Å²) in [6.07, 6.45) is -4.70. The Labute approximate surface area is 140 Å². The van der Waals surface area contributed by atoms with Crippen molar-refractivity contribution in [2.75, 3.05) is 18.9 Å². The van der Waals surface area contributed by atoms with Gasteiger partial charge in [0.15, 0.2) is 12.4 Å². The number of aliphatic hydroxyl groups excluding tert-OH is 3. The van der Waals surface area contributed by atoms with E-state index in [1.165, 1.54) is 0 Å². The third-order valence-corrected chi connectivity index (χ3v) is 3.52. The van der Waals surface area contributed by atoms with E-state index in [0.29, 0.717) is 4.57 Å². The highest BCUT2D eigenvalue weighted by Crippen LogP contribution is 2.39. The molecule has 1 aliphatic rings. The standard InChI is InChI=1S/C13H15FN6O5/c14-8-9(23)13(6-22,18-19-16)25-11(8)20-5-7(3-1-2-4-21)10(15)17-12(20)24/h5,8-9,11,21-23H,2,4,6H2,(H2,15,17,24)/t8-,9-,11+,13+/m0/s1. The zero-order valence-corrected chi connectivity index (χ0v) is 12.8. The largest absolute Gasteiger partial charge is 0.395 e. The molecular formula is C13H15FN6O5. The number of hydrogen-bond donors (Lipinski definition) is 4. The first-order valence-electron chi connectivity index (χ1n) is 7.05. The van der Waals surface area contributed by atoms with E-state index >= 15 is 0 Å². The lowest BCUT2D eigenvalue weighted by Crippen LogP contribution is -2.43. The molecule has 2 heterocycles. The van der Waals surface area contributed by atoms with E-state index in [0.717, 1.165) is 6.20 Å². The highest BCUT2D eigenvalue weighted by atomic mass is 19.1. The van der Waals surface area contributed by atoms with E-state index in [1.807, 2.05) is 0 Å². The van der Waals surface area contributed by atoms with E-state index in [1.54, 1.807) is 0 Å². The van der Waals surface area contributed by atoms with Gasteiger partial charge in [-0.1, -0.05) is 17.0 Å². The Morgan fingerprint density at radius 3 is 2.92 bits per heavy atom. The molecule has 1 aromatic heterocycles. The van der Waals surface area contributed by atoms with Crippen LogP contribution in [0.3, 0.4) is 0 Å². The lowest BCUT2D eigenvalue weighted by Gasteiger charge is -2.23. The summed E-state index contributed by atoms with van der Waals surface area (Å²) in [6.45, 7) is -1.19. The molecule has 0 aromatic carbocycles. The molecule has 1 fully saturated rings. The SMILES string of the molecule is [N-]=[N+]=N[C@]1(CO)O[C@@H](n2cc(C#CCCO)c(N)nc2=O)[C@@H](F)[C@@H]1O. The monoisotopic (exact) mass is 354 g/mol. The van der Waals surface area contributed by atoms with Crippen molar-refractivity contribution < 1.29 is 24.4 Å². The second-order valence-electron chi connectivity index (χ2n) is 5.10. The molecule has 0 amide bonds. The maximum absolute atomic E-state index is 14.4. The number of nitrogen functional groups attached to an aromatic ring is 1. The molecule has 0 bridgehead atoms. The molecule has 1 aromatic rings. The summed E-state index contributed by atoms with van der Waals surface area (Å²) in [5.74, 6) is 4.93. The number of azide groups is 1. The molecule has 1 aliphatic heterocycles. The first-order valence-corrected chi connectivity index (χ1v) is 7.05. The Hall–Kier alpha value is -2.68. The van der Waals surface area contributed by atoms with Gasteiger partial charge in [0, 0.05) is 17.5 Å². The molecular weight excluding hydrogens is 339 g/mol. The smallest absolute Gasteiger partial charge is 0.351 e. The number of aliphatic hydroxyl groups is 3. The number of alkyl halides is 1. The van der Waals surface area contributed by atoms with Gasteiger partial charge in [0.2, 0.25) is 5.72 Å². The number of anilines is 1. The molecule has 25 heavy (non-hydrogen) atoms. The summed E-state index contributed by atoms with van der Waals surface area (Å²) in [7, 11) is 0. The second-order valence-corrected chi connectivity index (χ2v) is 5.10. The summed E-state index contributed by atoms with van der Waals surface area (Å²) in [6, 6.07) is 0. The van der Waals surface area contributed by atoms with Gasteiger partial charge >= 0.3 is 5.69 Å². The fraction of sp³-hybridized carbons (Fsp3) is 0.538. The highest BCUT2D eigenvalue weighted by Gasteiger charge is 2.56. The molecule has 12 heteroatoms. The highest BCUT2D eigenvalue weighted by molar-refractivity contribution is 5.49. The van der Waals surface area contributed by atoms with Crippen LogP contribution in [0, 0.1) is 11.8 Å². The van der Waals surface area contributed by atoms with Gasteiger partial charge in [0.1, 0.15) is 11.9 Å². The van der Waals surface area contributed by atoms with Crippen LogP contribution in [-0.4, -0.2) is 56.1 Å². The number of rotatable bonds is 4. The summed E-state index contributed by atoms with van der Waals surface area (Å²) >= 11 is 0. The average Bonchev–Trinajstić information content (AvgIpc) is 2.83. The van der Waals surface area contributed by atoms with Gasteiger partial charge in [0.25, 0.3) is 0 Å². The van der Waals surface area contributed by atoms with Crippen molar-refractivity contribution >= 4 is 5.82 Å². The van der Waals surface area contributed by atoms with Crippen molar-refractivity contribution in [3.63, 3.8) is 0 Å². The quantitative estimate of drug-likeness (QED) is 0.226. The predicted octanol–water partition coefficient (Wildman–Crippen LogP) is -1.21. The van der Waals surface area contributed by atoms with Gasteiger partial charge < -0.3 is 25.8 Å². The molecule has 11 nitrogen and oxygen atoms in total. The van der Waals surface area contributed by atoms with Gasteiger partial charge in [0.05, 0.1) is 18.8 Å². The second kappa shape index (κ2) is 7.47. The number of hydrogen-bond acceptors (Lipinski definition) is 8. The molecule has 2 rings (SSSR count). The minimum atomic E-state index is -2.28. The maximum atomic E-state index is 14.4. The van der Waals surface area contributed by atoms with Crippen LogP contribution in [0.25, 0.3) is 10.4 Å². The number of nitrogens with zero attached hydrogens (tertiary/aromatic N) is 5. The lowest BCUT2D eigenvalue weighted by atomic mass is 10.1. The van der Waals surface area contributed by atoms with Crippen molar-refractivity contribution in [1.29, 1.82) is 0 Å². The maximum Gasteiger partial charge on any atom is 0.351 e. The molecule has 0 radical (unpaired) electrons. The number of aromatic nitrogens is 2. The Bertz CT molecular complexity index is 813. The van der Waals surface area contributed by atoms with E-state index < -0.39 is 36.5 Å².